The number of hydrogen-bond donors (Lipinski definition) is 2. The quantitative estimate of drug-likeness (QED) is 0.676. The molecule has 2 N–H and O–H groups in total. The van der Waals surface area contributed by atoms with Gasteiger partial charge < -0.3 is 15.2 Å². The molecule has 0 saturated carbocycles. The van der Waals surface area contributed by atoms with E-state index in [2.05, 4.69) is 10.1 Å². The summed E-state index contributed by atoms with van der Waals surface area (Å²) < 4.78 is 27.0. The van der Waals surface area contributed by atoms with Crippen LogP contribution in [0.25, 0.3) is 0 Å². The van der Waals surface area contributed by atoms with Crippen LogP contribution in [-0.4, -0.2) is 50.4 Å². The molecule has 1 rings (SSSR count). The number of hydrogen-bond acceptors (Lipinski definition) is 5. The van der Waals surface area contributed by atoms with E-state index in [4.69, 9.17) is 5.11 Å². The smallest absolute Gasteiger partial charge is 0.407 e. The van der Waals surface area contributed by atoms with Gasteiger partial charge in [-0.15, -0.1) is 0 Å². The Hall–Kier alpha value is -0.820. The average molecular weight is 237 g/mol. The second kappa shape index (κ2) is 5.32. The SMILES string of the molecule is O=C(NC1CCCS(=O)(=O)C1)OCCO. The molecule has 1 fully saturated rings. The van der Waals surface area contributed by atoms with Gasteiger partial charge in [0.15, 0.2) is 9.84 Å². The van der Waals surface area contributed by atoms with Gasteiger partial charge in [-0.05, 0) is 12.8 Å². The van der Waals surface area contributed by atoms with E-state index in [1.165, 1.54) is 0 Å². The number of ether oxygens (including phenoxy) is 1. The molecule has 1 amide bonds. The molecule has 0 aliphatic carbocycles. The van der Waals surface area contributed by atoms with Crippen LogP contribution in [0.3, 0.4) is 0 Å². The number of amides is 1. The number of sulfone groups is 1. The van der Waals surface area contributed by atoms with Gasteiger partial charge in [-0.3, -0.25) is 0 Å². The first kappa shape index (κ1) is 12.3. The zero-order valence-corrected chi connectivity index (χ0v) is 9.12. The molecule has 7 heteroatoms. The number of carbonyl (C=O) groups is 1. The van der Waals surface area contributed by atoms with Gasteiger partial charge in [-0.2, -0.15) is 0 Å². The third-order valence-electron chi connectivity index (χ3n) is 2.11. The molecule has 1 unspecified atom stereocenters. The molecule has 1 aliphatic heterocycles. The number of rotatable bonds is 3. The number of aliphatic hydroxyl groups excluding tert-OH is 1. The van der Waals surface area contributed by atoms with Crippen molar-refractivity contribution in [3.05, 3.63) is 0 Å². The molecule has 1 heterocycles. The molecular formula is C8H15NO5S. The molecule has 0 radical (unpaired) electrons. The van der Waals surface area contributed by atoms with Crippen LogP contribution in [0.15, 0.2) is 0 Å². The topological polar surface area (TPSA) is 92.7 Å². The van der Waals surface area contributed by atoms with Gasteiger partial charge in [0.05, 0.1) is 18.1 Å². The molecular weight excluding hydrogens is 222 g/mol. The van der Waals surface area contributed by atoms with Crippen LogP contribution in [0.1, 0.15) is 12.8 Å². The van der Waals surface area contributed by atoms with Gasteiger partial charge in [0.1, 0.15) is 6.61 Å². The van der Waals surface area contributed by atoms with Crippen LogP contribution in [-0.2, 0) is 14.6 Å². The molecule has 0 aromatic heterocycles. The molecule has 6 nitrogen and oxygen atoms in total. The van der Waals surface area contributed by atoms with Crippen LogP contribution in [0, 0.1) is 0 Å². The third kappa shape index (κ3) is 4.48. The molecule has 1 atom stereocenters. The Bertz CT molecular complexity index is 313. The summed E-state index contributed by atoms with van der Waals surface area (Å²) in [6, 6.07) is -0.366. The van der Waals surface area contributed by atoms with Crippen LogP contribution < -0.4 is 5.32 Å². The predicted octanol–water partition coefficient (Wildman–Crippen LogP) is -0.718. The Morgan fingerprint density at radius 3 is 2.87 bits per heavy atom. The first-order valence-corrected chi connectivity index (χ1v) is 6.60. The highest BCUT2D eigenvalue weighted by Crippen LogP contribution is 2.11. The highest BCUT2D eigenvalue weighted by molar-refractivity contribution is 7.91. The minimum Gasteiger partial charge on any atom is -0.447 e. The summed E-state index contributed by atoms with van der Waals surface area (Å²) in [5.41, 5.74) is 0. The van der Waals surface area contributed by atoms with Crippen molar-refractivity contribution in [1.82, 2.24) is 5.32 Å². The maximum atomic E-state index is 11.2. The number of carbonyl (C=O) groups excluding carboxylic acids is 1. The highest BCUT2D eigenvalue weighted by atomic mass is 32.2. The summed E-state index contributed by atoms with van der Waals surface area (Å²) in [4.78, 5) is 11.0. The Labute approximate surface area is 88.5 Å². The fourth-order valence-electron chi connectivity index (χ4n) is 1.48. The Balaban J connectivity index is 2.35. The van der Waals surface area contributed by atoms with Crippen LogP contribution in [0.2, 0.25) is 0 Å². The first-order chi connectivity index (χ1) is 7.03. The monoisotopic (exact) mass is 237 g/mol. The predicted molar refractivity (Wildman–Crippen MR) is 53.2 cm³/mol. The van der Waals surface area contributed by atoms with E-state index in [0.29, 0.717) is 12.8 Å². The van der Waals surface area contributed by atoms with E-state index in [0.717, 1.165) is 0 Å². The van der Waals surface area contributed by atoms with E-state index < -0.39 is 15.9 Å². The highest BCUT2D eigenvalue weighted by Gasteiger charge is 2.26. The lowest BCUT2D eigenvalue weighted by Gasteiger charge is -2.22. The summed E-state index contributed by atoms with van der Waals surface area (Å²) >= 11 is 0. The normalized spacial score (nSPS) is 24.5. The van der Waals surface area contributed by atoms with Crippen LogP contribution >= 0.6 is 0 Å². The van der Waals surface area contributed by atoms with Crippen molar-refractivity contribution in [2.45, 2.75) is 18.9 Å². The molecule has 0 spiro atoms. The minimum atomic E-state index is -3.02. The van der Waals surface area contributed by atoms with Gasteiger partial charge in [-0.25, -0.2) is 13.2 Å². The van der Waals surface area contributed by atoms with Crippen molar-refractivity contribution in [2.75, 3.05) is 24.7 Å². The molecule has 0 bridgehead atoms. The van der Waals surface area contributed by atoms with Gasteiger partial charge in [0, 0.05) is 6.04 Å². The Kier molecular flexibility index (Phi) is 4.34. The molecule has 15 heavy (non-hydrogen) atoms. The standard InChI is InChI=1S/C8H15NO5S/c10-3-4-14-8(11)9-7-2-1-5-15(12,13)6-7/h7,10H,1-6H2,(H,9,11). The molecule has 1 saturated heterocycles. The third-order valence-corrected chi connectivity index (χ3v) is 3.93. The summed E-state index contributed by atoms with van der Waals surface area (Å²) in [5, 5.41) is 10.9. The van der Waals surface area contributed by atoms with E-state index in [1.54, 1.807) is 0 Å². The van der Waals surface area contributed by atoms with E-state index in [9.17, 15) is 13.2 Å². The first-order valence-electron chi connectivity index (χ1n) is 4.78. The lowest BCUT2D eigenvalue weighted by Crippen LogP contribution is -2.43. The van der Waals surface area contributed by atoms with E-state index in [1.807, 2.05) is 0 Å². The lowest BCUT2D eigenvalue weighted by atomic mass is 10.2. The maximum absolute atomic E-state index is 11.2. The second-order valence-electron chi connectivity index (χ2n) is 3.46. The zero-order valence-electron chi connectivity index (χ0n) is 8.31. The summed E-state index contributed by atoms with van der Waals surface area (Å²) in [6.45, 7) is -0.318. The number of nitrogens with one attached hydrogen (secondary N) is 1. The van der Waals surface area contributed by atoms with Gasteiger partial charge in [0.25, 0.3) is 0 Å². The van der Waals surface area contributed by atoms with Crippen molar-refractivity contribution in [2.24, 2.45) is 0 Å². The maximum Gasteiger partial charge on any atom is 0.407 e. The van der Waals surface area contributed by atoms with Gasteiger partial charge in [0.2, 0.25) is 0 Å². The summed E-state index contributed by atoms with van der Waals surface area (Å²) in [7, 11) is -3.02. The fraction of sp³-hybridized carbons (Fsp3) is 0.875. The average Bonchev–Trinajstić information content (AvgIpc) is 2.13. The summed E-state index contributed by atoms with van der Waals surface area (Å²) in [6.07, 6.45) is 0.534. The van der Waals surface area contributed by atoms with Crippen molar-refractivity contribution in [1.29, 1.82) is 0 Å². The second-order valence-corrected chi connectivity index (χ2v) is 5.69. The molecule has 0 aromatic rings. The van der Waals surface area contributed by atoms with Crippen LogP contribution in [0.5, 0.6) is 0 Å². The van der Waals surface area contributed by atoms with Crippen molar-refractivity contribution < 1.29 is 23.1 Å². The van der Waals surface area contributed by atoms with Gasteiger partial charge in [-0.1, -0.05) is 0 Å². The fourth-order valence-corrected chi connectivity index (χ4v) is 3.12. The molecule has 88 valence electrons. The van der Waals surface area contributed by atoms with Crippen molar-refractivity contribution in [3.8, 4) is 0 Å². The Morgan fingerprint density at radius 2 is 2.27 bits per heavy atom. The van der Waals surface area contributed by atoms with E-state index in [-0.39, 0.29) is 30.8 Å². The Morgan fingerprint density at radius 1 is 1.53 bits per heavy atom. The minimum absolute atomic E-state index is 0.0266. The summed E-state index contributed by atoms with van der Waals surface area (Å²) in [5.74, 6) is 0.165. The largest absolute Gasteiger partial charge is 0.447 e. The molecule has 0 aromatic carbocycles. The number of alkyl carbamates (subject to hydrolysis) is 1. The van der Waals surface area contributed by atoms with E-state index >= 15 is 0 Å². The van der Waals surface area contributed by atoms with Gasteiger partial charge >= 0.3 is 6.09 Å². The van der Waals surface area contributed by atoms with Crippen LogP contribution in [0.4, 0.5) is 4.79 Å². The van der Waals surface area contributed by atoms with Crippen molar-refractivity contribution >= 4 is 15.9 Å². The zero-order chi connectivity index (χ0) is 11.3. The number of aliphatic hydroxyl groups is 1. The van der Waals surface area contributed by atoms with Crippen molar-refractivity contribution in [3.63, 3.8) is 0 Å². The molecule has 1 aliphatic rings. The lowest BCUT2D eigenvalue weighted by molar-refractivity contribution is 0.116.